The maximum Gasteiger partial charge on any atom is 0.417 e. The van der Waals surface area contributed by atoms with Crippen LogP contribution in [-0.4, -0.2) is 33.1 Å². The molecule has 0 spiro atoms. The lowest BCUT2D eigenvalue weighted by molar-refractivity contribution is -0.142. The lowest BCUT2D eigenvalue weighted by atomic mass is 9.85. The minimum absolute atomic E-state index is 0.401. The van der Waals surface area contributed by atoms with E-state index in [0.29, 0.717) is 17.9 Å². The molecule has 0 aromatic carbocycles. The topological polar surface area (TPSA) is 77.8 Å². The fourth-order valence-electron chi connectivity index (χ4n) is 1.77. The predicted molar refractivity (Wildman–Crippen MR) is 68.0 cm³/mol. The van der Waals surface area contributed by atoms with Gasteiger partial charge in [-0.05, 0) is 36.9 Å². The van der Waals surface area contributed by atoms with Crippen LogP contribution in [0.5, 0.6) is 0 Å². The van der Waals surface area contributed by atoms with Gasteiger partial charge in [-0.3, -0.25) is 4.79 Å². The van der Waals surface area contributed by atoms with Gasteiger partial charge in [0.15, 0.2) is 0 Å². The van der Waals surface area contributed by atoms with Crippen LogP contribution in [0.3, 0.4) is 0 Å². The van der Waals surface area contributed by atoms with E-state index < -0.39 is 17.5 Å². The van der Waals surface area contributed by atoms with E-state index in [-0.39, 0.29) is 0 Å². The monoisotopic (exact) mass is 267 g/mol. The van der Waals surface area contributed by atoms with Gasteiger partial charge in [0.2, 0.25) is 0 Å². The van der Waals surface area contributed by atoms with Gasteiger partial charge in [0.05, 0.1) is 0 Å². The van der Waals surface area contributed by atoms with E-state index in [1.165, 1.54) is 4.31 Å². The summed E-state index contributed by atoms with van der Waals surface area (Å²) in [6.07, 6.45) is 6.53. The Morgan fingerprint density at radius 1 is 1.44 bits per heavy atom. The number of amides is 1. The molecule has 18 heavy (non-hydrogen) atoms. The van der Waals surface area contributed by atoms with Crippen molar-refractivity contribution < 1.29 is 19.8 Å². The second kappa shape index (κ2) is 4.53. The van der Waals surface area contributed by atoms with Gasteiger partial charge in [0.25, 0.3) is 0 Å². The lowest BCUT2D eigenvalue weighted by Crippen LogP contribution is -2.26. The van der Waals surface area contributed by atoms with E-state index in [4.69, 9.17) is 5.11 Å². The summed E-state index contributed by atoms with van der Waals surface area (Å²) in [6.45, 7) is 1.99. The van der Waals surface area contributed by atoms with E-state index in [9.17, 15) is 14.7 Å². The van der Waals surface area contributed by atoms with E-state index in [1.54, 1.807) is 25.2 Å². The zero-order valence-electron chi connectivity index (χ0n) is 9.79. The third kappa shape index (κ3) is 2.28. The van der Waals surface area contributed by atoms with E-state index in [0.717, 1.165) is 17.5 Å². The molecule has 1 heterocycles. The highest BCUT2D eigenvalue weighted by Gasteiger charge is 2.33. The van der Waals surface area contributed by atoms with Crippen LogP contribution >= 0.6 is 11.9 Å². The molecule has 2 N–H and O–H groups in total. The number of hydrogen-bond donors (Lipinski definition) is 2. The maximum absolute atomic E-state index is 11.2. The van der Waals surface area contributed by atoms with Crippen molar-refractivity contribution in [2.45, 2.75) is 13.3 Å². The summed E-state index contributed by atoms with van der Waals surface area (Å²) in [6, 6.07) is 0. The van der Waals surface area contributed by atoms with Crippen molar-refractivity contribution in [3.63, 3.8) is 0 Å². The highest BCUT2D eigenvalue weighted by Crippen LogP contribution is 2.40. The smallest absolute Gasteiger partial charge is 0.417 e. The average Bonchev–Trinajstić information content (AvgIpc) is 2.50. The summed E-state index contributed by atoms with van der Waals surface area (Å²) in [5.41, 5.74) is -0.184. The number of carboxylic acids is 1. The molecule has 0 fully saturated rings. The lowest BCUT2D eigenvalue weighted by Gasteiger charge is -2.24. The van der Waals surface area contributed by atoms with Gasteiger partial charge in [0, 0.05) is 11.4 Å². The molecule has 1 amide bonds. The molecule has 1 atom stereocenters. The Morgan fingerprint density at radius 2 is 2.17 bits per heavy atom. The van der Waals surface area contributed by atoms with Crippen molar-refractivity contribution in [3.05, 3.63) is 34.8 Å². The molecule has 0 saturated heterocycles. The Morgan fingerprint density at radius 3 is 2.78 bits per heavy atom. The van der Waals surface area contributed by atoms with Gasteiger partial charge in [-0.1, -0.05) is 18.2 Å². The highest BCUT2D eigenvalue weighted by atomic mass is 32.2. The number of carbonyl (C=O) groups is 2. The summed E-state index contributed by atoms with van der Waals surface area (Å²) in [4.78, 5) is 22.9. The van der Waals surface area contributed by atoms with Crippen LogP contribution in [0.1, 0.15) is 13.3 Å². The predicted octanol–water partition coefficient (Wildman–Crippen LogP) is 2.49. The molecule has 6 heteroatoms. The second-order valence-corrected chi connectivity index (χ2v) is 5.42. The Hall–Kier alpha value is -1.69. The number of rotatable bonds is 1. The van der Waals surface area contributed by atoms with Crippen LogP contribution in [0, 0.1) is 5.41 Å². The van der Waals surface area contributed by atoms with Crippen molar-refractivity contribution in [3.8, 4) is 0 Å². The first-order valence-electron chi connectivity index (χ1n) is 5.47. The largest absolute Gasteiger partial charge is 0.480 e. The summed E-state index contributed by atoms with van der Waals surface area (Å²) in [5.74, 6) is -0.947. The van der Waals surface area contributed by atoms with Gasteiger partial charge >= 0.3 is 12.1 Å². The Kier molecular flexibility index (Phi) is 3.21. The number of fused-ring (bicyclic) bond motifs is 1. The summed E-state index contributed by atoms with van der Waals surface area (Å²) < 4.78 is 1.22. The first-order valence-corrected chi connectivity index (χ1v) is 6.24. The molecule has 2 aliphatic rings. The van der Waals surface area contributed by atoms with Crippen LogP contribution < -0.4 is 0 Å². The van der Waals surface area contributed by atoms with Crippen LogP contribution in [0.4, 0.5) is 4.79 Å². The molecule has 96 valence electrons. The first kappa shape index (κ1) is 12.8. The molecule has 5 nitrogen and oxygen atoms in total. The van der Waals surface area contributed by atoms with Crippen molar-refractivity contribution in [1.82, 2.24) is 4.31 Å². The molecule has 0 saturated carbocycles. The number of aliphatic carboxylic acids is 1. The van der Waals surface area contributed by atoms with Crippen molar-refractivity contribution >= 4 is 24.0 Å². The molecule has 2 rings (SSSR count). The van der Waals surface area contributed by atoms with E-state index >= 15 is 0 Å². The standard InChI is InChI=1S/C12H13NO4S/c1-12(10(14)15)5-4-8-3-2-6-13(11(16)17)18-9(8)7-12/h3-5,7H,2,6H2,1H3,(H,14,15)(H,16,17). The molecule has 0 bridgehead atoms. The third-order valence-corrected chi connectivity index (χ3v) is 4.01. The van der Waals surface area contributed by atoms with E-state index in [2.05, 4.69) is 0 Å². The van der Waals surface area contributed by atoms with Crippen molar-refractivity contribution in [2.24, 2.45) is 5.41 Å². The van der Waals surface area contributed by atoms with Gasteiger partial charge in [-0.15, -0.1) is 0 Å². The van der Waals surface area contributed by atoms with Crippen LogP contribution in [0.2, 0.25) is 0 Å². The summed E-state index contributed by atoms with van der Waals surface area (Å²) >= 11 is 1.08. The van der Waals surface area contributed by atoms with Gasteiger partial charge in [-0.2, -0.15) is 0 Å². The SMILES string of the molecule is CC1(C(=O)O)C=CC2=CCCN(C(=O)O)SC2=C1. The fourth-order valence-corrected chi connectivity index (χ4v) is 2.83. The highest BCUT2D eigenvalue weighted by molar-refractivity contribution is 8.01. The minimum Gasteiger partial charge on any atom is -0.480 e. The Balaban J connectivity index is 2.34. The zero-order chi connectivity index (χ0) is 13.3. The fraction of sp³-hybridized carbons (Fsp3) is 0.333. The minimum atomic E-state index is -1.08. The number of carboxylic acid groups (broad SMARTS) is 2. The van der Waals surface area contributed by atoms with Gasteiger partial charge in [-0.25, -0.2) is 9.10 Å². The number of nitrogens with zero attached hydrogens (tertiary/aromatic N) is 1. The first-order chi connectivity index (χ1) is 8.42. The average molecular weight is 267 g/mol. The quantitative estimate of drug-likeness (QED) is 0.714. The normalized spacial score (nSPS) is 26.8. The van der Waals surface area contributed by atoms with Crippen LogP contribution in [0.15, 0.2) is 34.8 Å². The molecule has 0 aromatic heterocycles. The zero-order valence-corrected chi connectivity index (χ0v) is 10.6. The number of hydrogen-bond acceptors (Lipinski definition) is 3. The summed E-state index contributed by atoms with van der Waals surface area (Å²) in [5, 5.41) is 18.2. The summed E-state index contributed by atoms with van der Waals surface area (Å²) in [7, 11) is 0. The van der Waals surface area contributed by atoms with Gasteiger partial charge < -0.3 is 10.2 Å². The number of allylic oxidation sites excluding steroid dienone is 2. The molecular formula is C12H13NO4S. The molecule has 1 aliphatic carbocycles. The van der Waals surface area contributed by atoms with Crippen LogP contribution in [-0.2, 0) is 4.79 Å². The molecule has 0 aromatic rings. The van der Waals surface area contributed by atoms with Crippen molar-refractivity contribution in [1.29, 1.82) is 0 Å². The van der Waals surface area contributed by atoms with Gasteiger partial charge in [0.1, 0.15) is 5.41 Å². The molecule has 1 aliphatic heterocycles. The maximum atomic E-state index is 11.2. The second-order valence-electron chi connectivity index (χ2n) is 4.35. The molecule has 0 radical (unpaired) electrons. The Bertz CT molecular complexity index is 494. The molecule has 1 unspecified atom stereocenters. The van der Waals surface area contributed by atoms with Crippen LogP contribution in [0.25, 0.3) is 0 Å². The molecular weight excluding hydrogens is 254 g/mol. The van der Waals surface area contributed by atoms with E-state index in [1.807, 2.05) is 6.08 Å². The third-order valence-electron chi connectivity index (χ3n) is 2.90. The van der Waals surface area contributed by atoms with Crippen molar-refractivity contribution in [2.75, 3.05) is 6.54 Å². The Labute approximate surface area is 109 Å².